The molecular formula is C23H28N4O2. The molecule has 0 bridgehead atoms. The highest BCUT2D eigenvalue weighted by molar-refractivity contribution is 5.77. The summed E-state index contributed by atoms with van der Waals surface area (Å²) < 4.78 is 7.47. The molecule has 3 heterocycles. The predicted octanol–water partition coefficient (Wildman–Crippen LogP) is 3.80. The van der Waals surface area contributed by atoms with Crippen LogP contribution < -0.4 is 4.74 Å². The molecule has 1 fully saturated rings. The molecule has 4 rings (SSSR count). The minimum absolute atomic E-state index is 0.220. The second-order valence-electron chi connectivity index (χ2n) is 7.62. The molecule has 1 saturated heterocycles. The number of nitrogens with zero attached hydrogens (tertiary/aromatic N) is 4. The maximum absolute atomic E-state index is 12.8. The minimum Gasteiger partial charge on any atom is -0.497 e. The summed E-state index contributed by atoms with van der Waals surface area (Å²) in [6, 6.07) is 12.1. The monoisotopic (exact) mass is 392 g/mol. The highest BCUT2D eigenvalue weighted by Gasteiger charge is 2.30. The number of aryl methyl sites for hydroxylation is 2. The third-order valence-electron chi connectivity index (χ3n) is 5.66. The second-order valence-corrected chi connectivity index (χ2v) is 7.62. The molecule has 0 radical (unpaired) electrons. The Morgan fingerprint density at radius 1 is 1.21 bits per heavy atom. The molecule has 1 amide bonds. The van der Waals surface area contributed by atoms with Crippen molar-refractivity contribution in [1.82, 2.24) is 19.4 Å². The molecule has 1 aliphatic heterocycles. The maximum atomic E-state index is 12.8. The first-order chi connectivity index (χ1) is 14.2. The number of imidazole rings is 1. The molecule has 1 aromatic carbocycles. The maximum Gasteiger partial charge on any atom is 0.222 e. The van der Waals surface area contributed by atoms with E-state index in [1.807, 2.05) is 47.5 Å². The van der Waals surface area contributed by atoms with Crippen LogP contribution in [0.4, 0.5) is 0 Å². The van der Waals surface area contributed by atoms with Crippen LogP contribution in [0.3, 0.4) is 0 Å². The largest absolute Gasteiger partial charge is 0.497 e. The van der Waals surface area contributed by atoms with E-state index in [0.29, 0.717) is 6.42 Å². The summed E-state index contributed by atoms with van der Waals surface area (Å²) in [5.41, 5.74) is 3.04. The number of aromatic nitrogens is 3. The van der Waals surface area contributed by atoms with E-state index in [-0.39, 0.29) is 11.9 Å². The van der Waals surface area contributed by atoms with Crippen LogP contribution in [0.2, 0.25) is 0 Å². The summed E-state index contributed by atoms with van der Waals surface area (Å²) in [5.74, 6) is 2.14. The number of amides is 1. The van der Waals surface area contributed by atoms with Crippen molar-refractivity contribution < 1.29 is 9.53 Å². The average molecular weight is 393 g/mol. The number of carbonyl (C=O) groups is 1. The zero-order chi connectivity index (χ0) is 20.2. The minimum atomic E-state index is 0.220. The summed E-state index contributed by atoms with van der Waals surface area (Å²) >= 11 is 0. The highest BCUT2D eigenvalue weighted by atomic mass is 16.5. The zero-order valence-corrected chi connectivity index (χ0v) is 17.2. The van der Waals surface area contributed by atoms with Gasteiger partial charge in [-0.1, -0.05) is 19.1 Å². The fourth-order valence-electron chi connectivity index (χ4n) is 4.14. The van der Waals surface area contributed by atoms with Gasteiger partial charge in [-0.05, 0) is 49.1 Å². The van der Waals surface area contributed by atoms with Gasteiger partial charge in [0, 0.05) is 32.1 Å². The number of hydrogen-bond donors (Lipinski definition) is 0. The van der Waals surface area contributed by atoms with Gasteiger partial charge in [-0.25, -0.2) is 9.97 Å². The molecule has 152 valence electrons. The first-order valence-corrected chi connectivity index (χ1v) is 10.4. The number of benzene rings is 1. The Balaban J connectivity index is 1.42. The smallest absolute Gasteiger partial charge is 0.222 e. The van der Waals surface area contributed by atoms with Gasteiger partial charge in [0.15, 0.2) is 5.65 Å². The Morgan fingerprint density at radius 2 is 2.03 bits per heavy atom. The van der Waals surface area contributed by atoms with Crippen molar-refractivity contribution >= 4 is 17.1 Å². The van der Waals surface area contributed by atoms with E-state index < -0.39 is 0 Å². The molecular weight excluding hydrogens is 364 g/mol. The summed E-state index contributed by atoms with van der Waals surface area (Å²) in [4.78, 5) is 24.2. The number of ether oxygens (including phenoxy) is 1. The number of fused-ring (bicyclic) bond motifs is 1. The van der Waals surface area contributed by atoms with Gasteiger partial charge in [-0.3, -0.25) is 4.79 Å². The number of carbonyl (C=O) groups excluding carboxylic acids is 1. The quantitative estimate of drug-likeness (QED) is 0.614. The molecule has 3 aromatic rings. The van der Waals surface area contributed by atoms with Gasteiger partial charge in [0.1, 0.15) is 17.1 Å². The predicted molar refractivity (Wildman–Crippen MR) is 113 cm³/mol. The Morgan fingerprint density at radius 3 is 2.79 bits per heavy atom. The topological polar surface area (TPSA) is 60.2 Å². The third kappa shape index (κ3) is 4.11. The first-order valence-electron chi connectivity index (χ1n) is 10.4. The summed E-state index contributed by atoms with van der Waals surface area (Å²) in [6.07, 6.45) is 6.03. The van der Waals surface area contributed by atoms with Crippen molar-refractivity contribution in [3.8, 4) is 5.75 Å². The molecule has 0 unspecified atom stereocenters. The van der Waals surface area contributed by atoms with Crippen molar-refractivity contribution in [2.75, 3.05) is 20.2 Å². The Bertz CT molecular complexity index is 980. The summed E-state index contributed by atoms with van der Waals surface area (Å²) in [5, 5.41) is 0. The second kappa shape index (κ2) is 8.64. The lowest BCUT2D eigenvalue weighted by Gasteiger charge is -2.19. The van der Waals surface area contributed by atoms with Crippen LogP contribution in [0.5, 0.6) is 5.75 Å². The first kappa shape index (κ1) is 19.4. The Kier molecular flexibility index (Phi) is 5.79. The molecule has 6 heteroatoms. The van der Waals surface area contributed by atoms with Gasteiger partial charge in [0.05, 0.1) is 13.2 Å². The molecule has 1 atom stereocenters. The average Bonchev–Trinajstić information content (AvgIpc) is 3.37. The van der Waals surface area contributed by atoms with Crippen molar-refractivity contribution in [3.63, 3.8) is 0 Å². The normalized spacial score (nSPS) is 16.5. The number of rotatable bonds is 7. The fourth-order valence-corrected chi connectivity index (χ4v) is 4.14. The van der Waals surface area contributed by atoms with E-state index >= 15 is 0 Å². The molecule has 2 aromatic heterocycles. The van der Waals surface area contributed by atoms with Crippen LogP contribution in [0, 0.1) is 0 Å². The van der Waals surface area contributed by atoms with Crippen LogP contribution in [-0.4, -0.2) is 45.5 Å². The van der Waals surface area contributed by atoms with Crippen molar-refractivity contribution in [3.05, 3.63) is 54.0 Å². The van der Waals surface area contributed by atoms with E-state index in [1.54, 1.807) is 7.11 Å². The lowest BCUT2D eigenvalue weighted by molar-refractivity contribution is -0.130. The van der Waals surface area contributed by atoms with Gasteiger partial charge in [-0.2, -0.15) is 0 Å². The van der Waals surface area contributed by atoms with E-state index in [0.717, 1.165) is 67.1 Å². The lowest BCUT2D eigenvalue weighted by atomic mass is 10.1. The van der Waals surface area contributed by atoms with Crippen molar-refractivity contribution in [2.24, 2.45) is 0 Å². The van der Waals surface area contributed by atoms with Gasteiger partial charge >= 0.3 is 0 Å². The van der Waals surface area contributed by atoms with Gasteiger partial charge in [0.2, 0.25) is 5.91 Å². The van der Waals surface area contributed by atoms with E-state index in [2.05, 4.69) is 16.5 Å². The van der Waals surface area contributed by atoms with Crippen molar-refractivity contribution in [2.45, 2.75) is 45.1 Å². The van der Waals surface area contributed by atoms with Crippen LogP contribution in [0.25, 0.3) is 11.2 Å². The molecule has 29 heavy (non-hydrogen) atoms. The zero-order valence-electron chi connectivity index (χ0n) is 17.2. The number of hydrogen-bond acceptors (Lipinski definition) is 4. The van der Waals surface area contributed by atoms with Crippen LogP contribution in [0.1, 0.15) is 43.6 Å². The molecule has 6 nitrogen and oxygen atoms in total. The fraction of sp³-hybridized carbons (Fsp3) is 0.435. The SMILES string of the molecule is CCCc1nc2cccnc2n1[C@H]1CCN(C(=O)CCc2ccc(OC)cc2)C1. The summed E-state index contributed by atoms with van der Waals surface area (Å²) in [6.45, 7) is 3.70. The summed E-state index contributed by atoms with van der Waals surface area (Å²) in [7, 11) is 1.66. The van der Waals surface area contributed by atoms with E-state index in [4.69, 9.17) is 9.72 Å². The Labute approximate surface area is 171 Å². The van der Waals surface area contributed by atoms with Crippen LogP contribution >= 0.6 is 0 Å². The van der Waals surface area contributed by atoms with Gasteiger partial charge in [0.25, 0.3) is 0 Å². The van der Waals surface area contributed by atoms with E-state index in [9.17, 15) is 4.79 Å². The standard InChI is InChI=1S/C23H28N4O2/c1-3-5-21-25-20-6-4-14-24-23(20)27(21)18-13-15-26(16-18)22(28)12-9-17-7-10-19(29-2)11-8-17/h4,6-8,10-11,14,18H,3,5,9,12-13,15-16H2,1-2H3/t18-/m0/s1. The van der Waals surface area contributed by atoms with Gasteiger partial charge < -0.3 is 14.2 Å². The number of pyridine rings is 1. The number of methoxy groups -OCH3 is 1. The lowest BCUT2D eigenvalue weighted by Crippen LogP contribution is -2.29. The molecule has 1 aliphatic rings. The molecule has 0 spiro atoms. The van der Waals surface area contributed by atoms with E-state index in [1.165, 1.54) is 0 Å². The Hall–Kier alpha value is -2.89. The third-order valence-corrected chi connectivity index (χ3v) is 5.66. The van der Waals surface area contributed by atoms with Gasteiger partial charge in [-0.15, -0.1) is 0 Å². The number of likely N-dealkylation sites (tertiary alicyclic amines) is 1. The van der Waals surface area contributed by atoms with Crippen LogP contribution in [-0.2, 0) is 17.6 Å². The van der Waals surface area contributed by atoms with Crippen molar-refractivity contribution in [1.29, 1.82) is 0 Å². The van der Waals surface area contributed by atoms with Crippen LogP contribution in [0.15, 0.2) is 42.6 Å². The highest BCUT2D eigenvalue weighted by Crippen LogP contribution is 2.28. The molecule has 0 aliphatic carbocycles. The molecule has 0 N–H and O–H groups in total. The molecule has 0 saturated carbocycles.